The van der Waals surface area contributed by atoms with E-state index in [2.05, 4.69) is 36.1 Å². The van der Waals surface area contributed by atoms with E-state index in [-0.39, 0.29) is 16.7 Å². The van der Waals surface area contributed by atoms with Crippen molar-refractivity contribution in [2.24, 2.45) is 5.92 Å². The molecule has 2 aromatic carbocycles. The minimum absolute atomic E-state index is 0.0110. The van der Waals surface area contributed by atoms with Crippen LogP contribution in [0.5, 0.6) is 0 Å². The molecule has 9 heteroatoms. The van der Waals surface area contributed by atoms with Gasteiger partial charge in [-0.05, 0) is 48.2 Å². The van der Waals surface area contributed by atoms with E-state index in [4.69, 9.17) is 0 Å². The molecule has 2 atom stereocenters. The first-order valence-electron chi connectivity index (χ1n) is 7.57. The Hall–Kier alpha value is -2.26. The minimum atomic E-state index is -3.93. The molecule has 0 saturated heterocycles. The number of nitrogens with one attached hydrogen (secondary N) is 2. The average molecular weight is 421 g/mol. The molecule has 0 aliphatic heterocycles. The lowest BCUT2D eigenvalue weighted by Gasteiger charge is -2.07. The second kappa shape index (κ2) is 5.92. The van der Waals surface area contributed by atoms with Crippen molar-refractivity contribution in [3.63, 3.8) is 0 Å². The van der Waals surface area contributed by atoms with E-state index in [1.807, 2.05) is 24.3 Å². The summed E-state index contributed by atoms with van der Waals surface area (Å²) in [6, 6.07) is 12.0. The molecule has 0 radical (unpaired) electrons. The van der Waals surface area contributed by atoms with Gasteiger partial charge in [-0.15, -0.1) is 0 Å². The number of rotatable bonds is 4. The Morgan fingerprint density at radius 2 is 1.84 bits per heavy atom. The lowest BCUT2D eigenvalue weighted by Crippen LogP contribution is -2.32. The number of aromatic nitrogens is 3. The summed E-state index contributed by atoms with van der Waals surface area (Å²) in [7, 11) is -3.93. The number of halogens is 1. The molecule has 4 rings (SSSR count). The molecular formula is C16H13BrN4O3S. The van der Waals surface area contributed by atoms with Crippen LogP contribution in [0, 0.1) is 5.92 Å². The number of carbonyl (C=O) groups is 1. The lowest BCUT2D eigenvalue weighted by atomic mass is 10.1. The van der Waals surface area contributed by atoms with Crippen LogP contribution in [0.4, 0.5) is 0 Å². The standard InChI is InChI=1S/C16H13BrN4O3S/c17-10-3-1-9(2-4-10)12-8-13(12)16(22)20-25(23,24)11-5-6-14-15(7-11)19-21-18-14/h1-7,12-13H,8H2,(H,20,22)(H,18,19,21)/t12-,13+/m0/s1. The van der Waals surface area contributed by atoms with Gasteiger partial charge in [0.1, 0.15) is 11.0 Å². The van der Waals surface area contributed by atoms with Crippen LogP contribution in [0.1, 0.15) is 17.9 Å². The molecule has 25 heavy (non-hydrogen) atoms. The number of benzene rings is 2. The van der Waals surface area contributed by atoms with Gasteiger partial charge in [-0.25, -0.2) is 13.1 Å². The Kier molecular flexibility index (Phi) is 3.84. The number of H-pyrrole nitrogens is 1. The first-order valence-corrected chi connectivity index (χ1v) is 9.84. The lowest BCUT2D eigenvalue weighted by molar-refractivity contribution is -0.120. The van der Waals surface area contributed by atoms with Gasteiger partial charge >= 0.3 is 0 Å². The van der Waals surface area contributed by atoms with E-state index in [0.717, 1.165) is 10.0 Å². The molecular weight excluding hydrogens is 408 g/mol. The Morgan fingerprint density at radius 1 is 1.12 bits per heavy atom. The first kappa shape index (κ1) is 16.2. The van der Waals surface area contributed by atoms with Crippen LogP contribution in [0.25, 0.3) is 11.0 Å². The SMILES string of the molecule is O=C(NS(=O)(=O)c1ccc2n[nH]nc2c1)[C@@H]1C[C@H]1c1ccc(Br)cc1. The number of aromatic amines is 1. The minimum Gasteiger partial charge on any atom is -0.274 e. The van der Waals surface area contributed by atoms with Crippen molar-refractivity contribution in [3.8, 4) is 0 Å². The Morgan fingerprint density at radius 3 is 2.60 bits per heavy atom. The fourth-order valence-corrected chi connectivity index (χ4v) is 4.13. The van der Waals surface area contributed by atoms with Gasteiger partial charge in [0.15, 0.2) is 0 Å². The van der Waals surface area contributed by atoms with Crippen LogP contribution in [-0.4, -0.2) is 29.7 Å². The molecule has 1 aliphatic rings. The van der Waals surface area contributed by atoms with E-state index in [0.29, 0.717) is 17.5 Å². The summed E-state index contributed by atoms with van der Waals surface area (Å²) in [5, 5.41) is 10.2. The van der Waals surface area contributed by atoms with Crippen molar-refractivity contribution in [1.82, 2.24) is 20.1 Å². The van der Waals surface area contributed by atoms with Gasteiger partial charge in [0.05, 0.1) is 4.90 Å². The largest absolute Gasteiger partial charge is 0.274 e. The molecule has 1 aromatic heterocycles. The highest BCUT2D eigenvalue weighted by atomic mass is 79.9. The average Bonchev–Trinajstić information content (AvgIpc) is 3.24. The number of carbonyl (C=O) groups excluding carboxylic acids is 1. The molecule has 1 aliphatic carbocycles. The van der Waals surface area contributed by atoms with Crippen molar-refractivity contribution >= 4 is 42.9 Å². The second-order valence-corrected chi connectivity index (χ2v) is 8.54. The first-order chi connectivity index (χ1) is 11.9. The maximum Gasteiger partial charge on any atom is 0.264 e. The van der Waals surface area contributed by atoms with Crippen molar-refractivity contribution < 1.29 is 13.2 Å². The Bertz CT molecular complexity index is 1060. The normalized spacial score (nSPS) is 19.7. The van der Waals surface area contributed by atoms with E-state index in [1.165, 1.54) is 12.1 Å². The van der Waals surface area contributed by atoms with Crippen LogP contribution < -0.4 is 4.72 Å². The summed E-state index contributed by atoms with van der Waals surface area (Å²) in [6.45, 7) is 0. The third-order valence-electron chi connectivity index (χ3n) is 4.26. The van der Waals surface area contributed by atoms with E-state index >= 15 is 0 Å². The highest BCUT2D eigenvalue weighted by Gasteiger charge is 2.45. The maximum atomic E-state index is 12.4. The summed E-state index contributed by atoms with van der Waals surface area (Å²) in [5.74, 6) is -0.749. The number of fused-ring (bicyclic) bond motifs is 1. The Balaban J connectivity index is 1.49. The highest BCUT2D eigenvalue weighted by Crippen LogP contribution is 2.47. The van der Waals surface area contributed by atoms with Crippen molar-refractivity contribution in [1.29, 1.82) is 0 Å². The molecule has 0 spiro atoms. The van der Waals surface area contributed by atoms with E-state index in [9.17, 15) is 13.2 Å². The predicted octanol–water partition coefficient (Wildman–Crippen LogP) is 2.33. The zero-order valence-electron chi connectivity index (χ0n) is 12.8. The number of amides is 1. The monoisotopic (exact) mass is 420 g/mol. The van der Waals surface area contributed by atoms with Crippen molar-refractivity contribution in [3.05, 3.63) is 52.5 Å². The molecule has 3 aromatic rings. The zero-order valence-corrected chi connectivity index (χ0v) is 15.2. The van der Waals surface area contributed by atoms with Crippen LogP contribution in [0.3, 0.4) is 0 Å². The van der Waals surface area contributed by atoms with Gasteiger partial charge in [0.25, 0.3) is 10.0 Å². The van der Waals surface area contributed by atoms with Crippen molar-refractivity contribution in [2.75, 3.05) is 0 Å². The van der Waals surface area contributed by atoms with E-state index < -0.39 is 15.9 Å². The fourth-order valence-electron chi connectivity index (χ4n) is 2.82. The molecule has 2 N–H and O–H groups in total. The highest BCUT2D eigenvalue weighted by molar-refractivity contribution is 9.10. The summed E-state index contributed by atoms with van der Waals surface area (Å²) < 4.78 is 28.0. The predicted molar refractivity (Wildman–Crippen MR) is 94.2 cm³/mol. The Labute approximate surface area is 152 Å². The van der Waals surface area contributed by atoms with Gasteiger partial charge in [-0.3, -0.25) is 4.79 Å². The van der Waals surface area contributed by atoms with Gasteiger partial charge in [0.2, 0.25) is 5.91 Å². The molecule has 1 saturated carbocycles. The number of hydrogen-bond donors (Lipinski definition) is 2. The third kappa shape index (κ3) is 3.16. The van der Waals surface area contributed by atoms with Gasteiger partial charge < -0.3 is 0 Å². The number of nitrogens with zero attached hydrogens (tertiary/aromatic N) is 2. The number of sulfonamides is 1. The quantitative estimate of drug-likeness (QED) is 0.673. The van der Waals surface area contributed by atoms with Gasteiger partial charge in [-0.1, -0.05) is 28.1 Å². The number of hydrogen-bond acceptors (Lipinski definition) is 5. The molecule has 7 nitrogen and oxygen atoms in total. The summed E-state index contributed by atoms with van der Waals surface area (Å²) in [5.41, 5.74) is 2.02. The smallest absolute Gasteiger partial charge is 0.264 e. The van der Waals surface area contributed by atoms with Gasteiger partial charge in [0, 0.05) is 10.4 Å². The molecule has 1 amide bonds. The van der Waals surface area contributed by atoms with Crippen LogP contribution >= 0.6 is 15.9 Å². The third-order valence-corrected chi connectivity index (χ3v) is 6.13. The summed E-state index contributed by atoms with van der Waals surface area (Å²) in [6.07, 6.45) is 0.644. The molecule has 128 valence electrons. The van der Waals surface area contributed by atoms with Crippen LogP contribution in [0.15, 0.2) is 51.8 Å². The van der Waals surface area contributed by atoms with Crippen LogP contribution in [-0.2, 0) is 14.8 Å². The second-order valence-electron chi connectivity index (χ2n) is 5.94. The zero-order chi connectivity index (χ0) is 17.6. The van der Waals surface area contributed by atoms with Crippen molar-refractivity contribution in [2.45, 2.75) is 17.2 Å². The van der Waals surface area contributed by atoms with E-state index in [1.54, 1.807) is 6.07 Å². The fraction of sp³-hybridized carbons (Fsp3) is 0.188. The molecule has 0 bridgehead atoms. The maximum absolute atomic E-state index is 12.4. The summed E-state index contributed by atoms with van der Waals surface area (Å²) >= 11 is 3.37. The topological polar surface area (TPSA) is 105 Å². The summed E-state index contributed by atoms with van der Waals surface area (Å²) in [4.78, 5) is 12.3. The molecule has 1 heterocycles. The van der Waals surface area contributed by atoms with Gasteiger partial charge in [-0.2, -0.15) is 15.4 Å². The molecule has 1 fully saturated rings. The van der Waals surface area contributed by atoms with Crippen LogP contribution in [0.2, 0.25) is 0 Å². The molecule has 0 unspecified atom stereocenters.